The molecule has 2 N–H and O–H groups in total. The molecule has 0 unspecified atom stereocenters. The smallest absolute Gasteiger partial charge is 0.264 e. The Labute approximate surface area is 136 Å². The highest BCUT2D eigenvalue weighted by Gasteiger charge is 2.13. The van der Waals surface area contributed by atoms with Gasteiger partial charge in [0.25, 0.3) is 5.89 Å². The van der Waals surface area contributed by atoms with Crippen LogP contribution in [0.1, 0.15) is 5.56 Å². The van der Waals surface area contributed by atoms with E-state index in [2.05, 4.69) is 20.1 Å². The largest absolute Gasteiger partial charge is 0.497 e. The third-order valence-corrected chi connectivity index (χ3v) is 3.56. The maximum Gasteiger partial charge on any atom is 0.264 e. The number of aromatic nitrogens is 5. The van der Waals surface area contributed by atoms with E-state index in [0.29, 0.717) is 35.1 Å². The number of nitrogens with two attached hydrogens (primary N) is 1. The van der Waals surface area contributed by atoms with Gasteiger partial charge in [0.15, 0.2) is 5.65 Å². The average Bonchev–Trinajstić information content (AvgIpc) is 3.24. The number of nitrogen functional groups attached to an aromatic ring is 1. The average molecular weight is 322 g/mol. The number of oxazole rings is 1. The molecule has 0 aliphatic heterocycles. The second kappa shape index (κ2) is 5.65. The van der Waals surface area contributed by atoms with E-state index in [1.807, 2.05) is 30.5 Å². The first-order chi connectivity index (χ1) is 11.7. The molecule has 0 aliphatic rings. The molecular formula is C16H14N6O2. The number of nitrogens with zero attached hydrogens (tertiary/aromatic N) is 5. The number of rotatable bonds is 4. The molecule has 0 saturated heterocycles. The van der Waals surface area contributed by atoms with Crippen molar-refractivity contribution in [3.8, 4) is 17.5 Å². The van der Waals surface area contributed by atoms with E-state index >= 15 is 0 Å². The minimum Gasteiger partial charge on any atom is -0.497 e. The van der Waals surface area contributed by atoms with Crippen molar-refractivity contribution < 1.29 is 9.15 Å². The van der Waals surface area contributed by atoms with E-state index in [9.17, 15) is 0 Å². The van der Waals surface area contributed by atoms with Crippen LogP contribution >= 0.6 is 0 Å². The molecule has 0 fully saturated rings. The van der Waals surface area contributed by atoms with E-state index < -0.39 is 0 Å². The quantitative estimate of drug-likeness (QED) is 0.613. The van der Waals surface area contributed by atoms with Crippen molar-refractivity contribution in [1.29, 1.82) is 0 Å². The van der Waals surface area contributed by atoms with Crippen LogP contribution in [0.3, 0.4) is 0 Å². The fourth-order valence-corrected chi connectivity index (χ4v) is 2.44. The Morgan fingerprint density at radius 3 is 3.00 bits per heavy atom. The monoisotopic (exact) mass is 322 g/mol. The van der Waals surface area contributed by atoms with Crippen LogP contribution < -0.4 is 10.5 Å². The third kappa shape index (κ3) is 2.54. The van der Waals surface area contributed by atoms with Crippen molar-refractivity contribution in [3.05, 3.63) is 48.5 Å². The number of benzene rings is 1. The van der Waals surface area contributed by atoms with Crippen LogP contribution in [0.15, 0.2) is 47.3 Å². The molecule has 0 saturated carbocycles. The molecule has 3 heterocycles. The zero-order chi connectivity index (χ0) is 16.5. The van der Waals surface area contributed by atoms with Crippen molar-refractivity contribution >= 4 is 16.9 Å². The minimum atomic E-state index is 0.311. The molecule has 4 aromatic rings. The Bertz CT molecular complexity index is 993. The Hall–Kier alpha value is -3.42. The predicted octanol–water partition coefficient (Wildman–Crippen LogP) is 2.12. The number of hydrogen-bond acceptors (Lipinski definition) is 7. The lowest BCUT2D eigenvalue weighted by molar-refractivity contribution is 0.414. The summed E-state index contributed by atoms with van der Waals surface area (Å²) in [5, 5.41) is 5.16. The van der Waals surface area contributed by atoms with Gasteiger partial charge in [-0.15, -0.1) is 0 Å². The first-order valence-electron chi connectivity index (χ1n) is 7.26. The molecule has 0 radical (unpaired) electrons. The van der Waals surface area contributed by atoms with E-state index in [4.69, 9.17) is 14.9 Å². The molecule has 0 spiro atoms. The van der Waals surface area contributed by atoms with E-state index in [1.165, 1.54) is 12.5 Å². The van der Waals surface area contributed by atoms with Gasteiger partial charge in [0.1, 0.15) is 17.8 Å². The minimum absolute atomic E-state index is 0.311. The van der Waals surface area contributed by atoms with Gasteiger partial charge < -0.3 is 14.9 Å². The maximum atomic E-state index is 6.02. The molecule has 0 aliphatic carbocycles. The molecule has 0 amide bonds. The molecule has 3 aromatic heterocycles. The SMILES string of the molecule is COc1cccc(Cn2cc3c(N)nc(-c4ncco4)nc3n2)c1. The highest BCUT2D eigenvalue weighted by atomic mass is 16.5. The van der Waals surface area contributed by atoms with E-state index in [0.717, 1.165) is 11.3 Å². The van der Waals surface area contributed by atoms with Gasteiger partial charge in [0.2, 0.25) is 5.82 Å². The van der Waals surface area contributed by atoms with Gasteiger partial charge >= 0.3 is 0 Å². The van der Waals surface area contributed by atoms with Gasteiger partial charge in [-0.2, -0.15) is 5.10 Å². The van der Waals surface area contributed by atoms with Crippen molar-refractivity contribution in [2.45, 2.75) is 6.54 Å². The normalized spacial score (nSPS) is 11.0. The fourth-order valence-electron chi connectivity index (χ4n) is 2.44. The molecule has 4 rings (SSSR count). The number of anilines is 1. The highest BCUT2D eigenvalue weighted by Crippen LogP contribution is 2.22. The van der Waals surface area contributed by atoms with Crippen LogP contribution in [0.2, 0.25) is 0 Å². The summed E-state index contributed by atoms with van der Waals surface area (Å²) in [6.07, 6.45) is 4.81. The maximum absolute atomic E-state index is 6.02. The lowest BCUT2D eigenvalue weighted by Crippen LogP contribution is -2.00. The van der Waals surface area contributed by atoms with Crippen LogP contribution in [0.25, 0.3) is 22.7 Å². The van der Waals surface area contributed by atoms with Gasteiger partial charge in [0.05, 0.1) is 25.2 Å². The van der Waals surface area contributed by atoms with Crippen molar-refractivity contribution in [2.24, 2.45) is 0 Å². The summed E-state index contributed by atoms with van der Waals surface area (Å²) in [7, 11) is 1.64. The van der Waals surface area contributed by atoms with Crippen LogP contribution in [0.5, 0.6) is 5.75 Å². The van der Waals surface area contributed by atoms with Crippen LogP contribution in [0.4, 0.5) is 5.82 Å². The van der Waals surface area contributed by atoms with Crippen molar-refractivity contribution in [3.63, 3.8) is 0 Å². The van der Waals surface area contributed by atoms with Gasteiger partial charge in [-0.1, -0.05) is 12.1 Å². The first kappa shape index (κ1) is 14.2. The molecule has 1 aromatic carbocycles. The zero-order valence-electron chi connectivity index (χ0n) is 12.9. The Kier molecular flexibility index (Phi) is 3.34. The third-order valence-electron chi connectivity index (χ3n) is 3.56. The molecule has 120 valence electrons. The van der Waals surface area contributed by atoms with Crippen LogP contribution in [-0.4, -0.2) is 31.8 Å². The van der Waals surface area contributed by atoms with Gasteiger partial charge in [-0.05, 0) is 17.7 Å². The van der Waals surface area contributed by atoms with Crippen LogP contribution in [0, 0.1) is 0 Å². The topological polar surface area (TPSA) is 105 Å². The van der Waals surface area contributed by atoms with Gasteiger partial charge in [-0.3, -0.25) is 4.68 Å². The van der Waals surface area contributed by atoms with Crippen molar-refractivity contribution in [1.82, 2.24) is 24.7 Å². The lowest BCUT2D eigenvalue weighted by Gasteiger charge is -2.04. The molecular weight excluding hydrogens is 308 g/mol. The van der Waals surface area contributed by atoms with Crippen LogP contribution in [-0.2, 0) is 6.54 Å². The Morgan fingerprint density at radius 1 is 1.29 bits per heavy atom. The Balaban J connectivity index is 1.71. The zero-order valence-corrected chi connectivity index (χ0v) is 12.9. The van der Waals surface area contributed by atoms with E-state index in [-0.39, 0.29) is 0 Å². The molecule has 24 heavy (non-hydrogen) atoms. The van der Waals surface area contributed by atoms with Gasteiger partial charge in [-0.25, -0.2) is 15.0 Å². The summed E-state index contributed by atoms with van der Waals surface area (Å²) in [4.78, 5) is 12.6. The molecule has 0 bridgehead atoms. The predicted molar refractivity (Wildman–Crippen MR) is 87.3 cm³/mol. The number of ether oxygens (including phenoxy) is 1. The standard InChI is InChI=1S/C16H14N6O2/c1-23-11-4-2-3-10(7-11)8-22-9-12-13(17)19-15(20-14(12)21-22)16-18-5-6-24-16/h2-7,9H,8H2,1H3,(H2,17,19,20,21). The Morgan fingerprint density at radius 2 is 2.21 bits per heavy atom. The van der Waals surface area contributed by atoms with Crippen molar-refractivity contribution in [2.75, 3.05) is 12.8 Å². The summed E-state index contributed by atoms with van der Waals surface area (Å²) in [6, 6.07) is 7.79. The molecule has 8 nitrogen and oxygen atoms in total. The summed E-state index contributed by atoms with van der Waals surface area (Å²) >= 11 is 0. The molecule has 0 atom stereocenters. The second-order valence-corrected chi connectivity index (χ2v) is 5.19. The number of hydrogen-bond donors (Lipinski definition) is 1. The first-order valence-corrected chi connectivity index (χ1v) is 7.26. The molecule has 8 heteroatoms. The lowest BCUT2D eigenvalue weighted by atomic mass is 10.2. The number of methoxy groups -OCH3 is 1. The summed E-state index contributed by atoms with van der Waals surface area (Å²) in [6.45, 7) is 0.571. The second-order valence-electron chi connectivity index (χ2n) is 5.19. The summed E-state index contributed by atoms with van der Waals surface area (Å²) in [5.41, 5.74) is 7.58. The fraction of sp³-hybridized carbons (Fsp3) is 0.125. The van der Waals surface area contributed by atoms with Gasteiger partial charge in [0, 0.05) is 6.20 Å². The van der Waals surface area contributed by atoms with E-state index in [1.54, 1.807) is 11.8 Å². The summed E-state index contributed by atoms with van der Waals surface area (Å²) < 4.78 is 12.2. The number of fused-ring (bicyclic) bond motifs is 1. The summed E-state index contributed by atoms with van der Waals surface area (Å²) in [5.74, 6) is 1.77. The highest BCUT2D eigenvalue weighted by molar-refractivity contribution is 5.86.